The zero-order valence-corrected chi connectivity index (χ0v) is 22.5. The van der Waals surface area contributed by atoms with Gasteiger partial charge in [0.25, 0.3) is 5.91 Å². The van der Waals surface area contributed by atoms with E-state index in [-0.39, 0.29) is 41.8 Å². The number of aliphatic hydroxyl groups is 1. The number of rotatable bonds is 14. The number of aromatic nitrogens is 3. The van der Waals surface area contributed by atoms with Gasteiger partial charge in [-0.25, -0.2) is 9.07 Å². The molecule has 37 heavy (non-hydrogen) atoms. The summed E-state index contributed by atoms with van der Waals surface area (Å²) in [5.41, 5.74) is 1.11. The molecule has 9 nitrogen and oxygen atoms in total. The smallest absolute Gasteiger partial charge is 0.276 e. The van der Waals surface area contributed by atoms with E-state index in [2.05, 4.69) is 29.5 Å². The number of methoxy groups -OCH3 is 1. The first-order valence-corrected chi connectivity index (χ1v) is 13.3. The maximum absolute atomic E-state index is 14.7. The van der Waals surface area contributed by atoms with Gasteiger partial charge >= 0.3 is 0 Å². The molecule has 0 saturated carbocycles. The van der Waals surface area contributed by atoms with Crippen LogP contribution in [0.1, 0.15) is 56.2 Å². The second-order valence-corrected chi connectivity index (χ2v) is 10.1. The number of carbonyl (C=O) groups excluding carboxylic acids is 1. The Morgan fingerprint density at radius 2 is 2.08 bits per heavy atom. The highest BCUT2D eigenvalue weighted by Gasteiger charge is 2.35. The number of aliphatic hydroxyl groups excluding tert-OH is 1. The van der Waals surface area contributed by atoms with Gasteiger partial charge in [-0.15, -0.1) is 5.10 Å². The van der Waals surface area contributed by atoms with Gasteiger partial charge in [0.05, 0.1) is 18.4 Å². The van der Waals surface area contributed by atoms with E-state index in [0.29, 0.717) is 51.4 Å². The Morgan fingerprint density at radius 1 is 1.30 bits per heavy atom. The Balaban J connectivity index is 1.91. The van der Waals surface area contributed by atoms with Crippen molar-refractivity contribution in [3.05, 3.63) is 41.5 Å². The third-order valence-corrected chi connectivity index (χ3v) is 6.72. The first-order chi connectivity index (χ1) is 17.9. The summed E-state index contributed by atoms with van der Waals surface area (Å²) in [5.74, 6) is -0.448. The number of para-hydroxylation sites is 1. The summed E-state index contributed by atoms with van der Waals surface area (Å²) in [6.45, 7) is 9.29. The molecule has 1 saturated heterocycles. The highest BCUT2D eigenvalue weighted by Crippen LogP contribution is 2.25. The van der Waals surface area contributed by atoms with Crippen LogP contribution in [0, 0.1) is 17.7 Å². The Kier molecular flexibility index (Phi) is 11.4. The average molecular weight is 520 g/mol. The number of unbranched alkanes of at least 4 members (excludes halogenated alkanes) is 1. The molecule has 0 radical (unpaired) electrons. The molecule has 1 aromatic carbocycles. The van der Waals surface area contributed by atoms with Crippen LogP contribution >= 0.6 is 0 Å². The van der Waals surface area contributed by atoms with Gasteiger partial charge in [-0.1, -0.05) is 31.2 Å². The number of hydrogen-bond acceptors (Lipinski definition) is 7. The first-order valence-electron chi connectivity index (χ1n) is 13.3. The number of piperidine rings is 1. The van der Waals surface area contributed by atoms with Crippen LogP contribution in [0.4, 0.5) is 4.39 Å². The van der Waals surface area contributed by atoms with Crippen molar-refractivity contribution in [2.75, 3.05) is 46.6 Å². The monoisotopic (exact) mass is 519 g/mol. The van der Waals surface area contributed by atoms with Gasteiger partial charge in [-0.2, -0.15) is 0 Å². The van der Waals surface area contributed by atoms with Crippen molar-refractivity contribution in [2.45, 2.75) is 58.6 Å². The highest BCUT2D eigenvalue weighted by atomic mass is 19.1. The molecule has 1 fully saturated rings. The molecule has 1 aliphatic rings. The fourth-order valence-electron chi connectivity index (χ4n) is 4.83. The standard InChI is InChI=1S/C27H42FN5O4/c1-5-37-18-25(34)20-14-21(16-29-15-20)32(17-19(2)3)27(35)26-24(12-8-9-13-36-4)33(31-30-26)23-11-7-6-10-22(23)28/h6-7,10-11,19-21,25,29,34H,5,8-9,12-18H2,1-4H3/t20-,21+,25?/m1/s1. The number of nitrogens with zero attached hydrogens (tertiary/aromatic N) is 4. The van der Waals surface area contributed by atoms with Gasteiger partial charge in [0, 0.05) is 51.9 Å². The van der Waals surface area contributed by atoms with Gasteiger partial charge < -0.3 is 24.8 Å². The van der Waals surface area contributed by atoms with Crippen molar-refractivity contribution < 1.29 is 23.8 Å². The summed E-state index contributed by atoms with van der Waals surface area (Å²) in [7, 11) is 1.65. The molecule has 0 spiro atoms. The Bertz CT molecular complexity index is 985. The van der Waals surface area contributed by atoms with Crippen LogP contribution in [0.2, 0.25) is 0 Å². The lowest BCUT2D eigenvalue weighted by atomic mass is 9.89. The third-order valence-electron chi connectivity index (χ3n) is 6.72. The highest BCUT2D eigenvalue weighted by molar-refractivity contribution is 5.93. The molecule has 1 aromatic heterocycles. The SMILES string of the molecule is CCOCC(O)[C@H]1CNC[C@@H](N(CC(C)C)C(=O)c2nnn(-c3ccccc3F)c2CCCCOC)C1. The van der Waals surface area contributed by atoms with Gasteiger partial charge in [0.15, 0.2) is 5.69 Å². The molecule has 2 N–H and O–H groups in total. The molecule has 0 aliphatic carbocycles. The molecule has 2 aromatic rings. The molecular weight excluding hydrogens is 477 g/mol. The van der Waals surface area contributed by atoms with Crippen molar-refractivity contribution in [1.82, 2.24) is 25.2 Å². The predicted octanol–water partition coefficient (Wildman–Crippen LogP) is 2.85. The Hall–Kier alpha value is -2.40. The van der Waals surface area contributed by atoms with Crippen molar-refractivity contribution in [2.24, 2.45) is 11.8 Å². The molecule has 3 rings (SSSR count). The van der Waals surface area contributed by atoms with Crippen LogP contribution in [0.15, 0.2) is 24.3 Å². The fraction of sp³-hybridized carbons (Fsp3) is 0.667. The molecule has 10 heteroatoms. The maximum Gasteiger partial charge on any atom is 0.276 e. The van der Waals surface area contributed by atoms with Gasteiger partial charge in [0.1, 0.15) is 11.5 Å². The quantitative estimate of drug-likeness (QED) is 0.370. The summed E-state index contributed by atoms with van der Waals surface area (Å²) >= 11 is 0. The zero-order chi connectivity index (χ0) is 26.8. The van der Waals surface area contributed by atoms with Gasteiger partial charge in [-0.05, 0) is 50.7 Å². The van der Waals surface area contributed by atoms with E-state index in [1.807, 2.05) is 11.8 Å². The van der Waals surface area contributed by atoms with E-state index in [1.165, 1.54) is 10.7 Å². The van der Waals surface area contributed by atoms with E-state index < -0.39 is 11.9 Å². The van der Waals surface area contributed by atoms with Crippen molar-refractivity contribution in [3.8, 4) is 5.69 Å². The van der Waals surface area contributed by atoms with E-state index in [0.717, 1.165) is 12.8 Å². The van der Waals surface area contributed by atoms with Crippen LogP contribution in [-0.2, 0) is 15.9 Å². The summed E-state index contributed by atoms with van der Waals surface area (Å²) < 4.78 is 26.8. The zero-order valence-electron chi connectivity index (χ0n) is 22.5. The minimum absolute atomic E-state index is 0.0321. The van der Waals surface area contributed by atoms with Gasteiger partial charge in [0.2, 0.25) is 0 Å². The lowest BCUT2D eigenvalue weighted by molar-refractivity contribution is -0.00893. The van der Waals surface area contributed by atoms with Crippen molar-refractivity contribution >= 4 is 5.91 Å². The van der Waals surface area contributed by atoms with E-state index in [4.69, 9.17) is 9.47 Å². The second-order valence-electron chi connectivity index (χ2n) is 10.1. The minimum atomic E-state index is -0.607. The molecule has 1 unspecified atom stereocenters. The first kappa shape index (κ1) is 29.2. The number of amides is 1. The van der Waals surface area contributed by atoms with Crippen molar-refractivity contribution in [1.29, 1.82) is 0 Å². The summed E-state index contributed by atoms with van der Waals surface area (Å²) in [6.07, 6.45) is 2.11. The lowest BCUT2D eigenvalue weighted by Crippen LogP contribution is -2.54. The molecule has 1 aliphatic heterocycles. The molecule has 3 atom stereocenters. The summed E-state index contributed by atoms with van der Waals surface area (Å²) in [4.78, 5) is 15.9. The Morgan fingerprint density at radius 3 is 2.78 bits per heavy atom. The number of carbonyl (C=O) groups is 1. The van der Waals surface area contributed by atoms with E-state index >= 15 is 0 Å². The van der Waals surface area contributed by atoms with Crippen LogP contribution in [0.5, 0.6) is 0 Å². The number of ether oxygens (including phenoxy) is 2. The van der Waals surface area contributed by atoms with E-state index in [9.17, 15) is 14.3 Å². The van der Waals surface area contributed by atoms with Gasteiger partial charge in [-0.3, -0.25) is 4.79 Å². The number of nitrogens with one attached hydrogen (secondary N) is 1. The number of halogens is 1. The minimum Gasteiger partial charge on any atom is -0.390 e. The number of benzene rings is 1. The molecule has 0 bridgehead atoms. The summed E-state index contributed by atoms with van der Waals surface area (Å²) in [6, 6.07) is 6.25. The second kappa shape index (κ2) is 14.5. The van der Waals surface area contributed by atoms with Crippen molar-refractivity contribution in [3.63, 3.8) is 0 Å². The largest absolute Gasteiger partial charge is 0.390 e. The molecule has 206 valence electrons. The maximum atomic E-state index is 14.7. The third kappa shape index (κ3) is 7.80. The predicted molar refractivity (Wildman–Crippen MR) is 139 cm³/mol. The van der Waals surface area contributed by atoms with Crippen LogP contribution in [-0.4, -0.2) is 89.6 Å². The van der Waals surface area contributed by atoms with Crippen LogP contribution < -0.4 is 5.32 Å². The molecule has 2 heterocycles. The molecular formula is C27H42FN5O4. The lowest BCUT2D eigenvalue weighted by Gasteiger charge is -2.40. The normalized spacial score (nSPS) is 18.8. The molecule has 1 amide bonds. The average Bonchev–Trinajstić information content (AvgIpc) is 3.31. The topological polar surface area (TPSA) is 102 Å². The van der Waals surface area contributed by atoms with Crippen LogP contribution in [0.3, 0.4) is 0 Å². The summed E-state index contributed by atoms with van der Waals surface area (Å²) in [5, 5.41) is 22.5. The number of hydrogen-bond donors (Lipinski definition) is 2. The fourth-order valence-corrected chi connectivity index (χ4v) is 4.83. The van der Waals surface area contributed by atoms with Crippen LogP contribution in [0.25, 0.3) is 5.69 Å². The van der Waals surface area contributed by atoms with E-state index in [1.54, 1.807) is 25.3 Å². The Labute approximate surface area is 219 Å².